The molecule has 118 valence electrons. The van der Waals surface area contributed by atoms with Crippen molar-refractivity contribution < 1.29 is 9.53 Å². The number of hydrogen-bond acceptors (Lipinski definition) is 4. The van der Waals surface area contributed by atoms with E-state index >= 15 is 0 Å². The first-order valence-electron chi connectivity index (χ1n) is 7.52. The summed E-state index contributed by atoms with van der Waals surface area (Å²) in [6, 6.07) is 4.78. The van der Waals surface area contributed by atoms with Gasteiger partial charge < -0.3 is 9.64 Å². The molecule has 1 aliphatic rings. The second kappa shape index (κ2) is 6.36. The third-order valence-corrected chi connectivity index (χ3v) is 4.54. The molecule has 0 radical (unpaired) electrons. The van der Waals surface area contributed by atoms with Crippen LogP contribution in [0, 0.1) is 0 Å². The van der Waals surface area contributed by atoms with Crippen molar-refractivity contribution in [1.82, 2.24) is 9.80 Å². The van der Waals surface area contributed by atoms with Gasteiger partial charge >= 0.3 is 6.09 Å². The Morgan fingerprint density at radius 1 is 1.33 bits per heavy atom. The highest BCUT2D eigenvalue weighted by Crippen LogP contribution is 2.22. The van der Waals surface area contributed by atoms with Crippen molar-refractivity contribution in [3.8, 4) is 0 Å². The maximum Gasteiger partial charge on any atom is 0.410 e. The molecule has 2 atom stereocenters. The van der Waals surface area contributed by atoms with Gasteiger partial charge in [-0.3, -0.25) is 4.90 Å². The number of piperazine rings is 1. The van der Waals surface area contributed by atoms with Gasteiger partial charge in [-0.25, -0.2) is 4.79 Å². The molecule has 4 nitrogen and oxygen atoms in total. The van der Waals surface area contributed by atoms with Crippen molar-refractivity contribution in [2.45, 2.75) is 58.8 Å². The van der Waals surface area contributed by atoms with Crippen LogP contribution in [0.1, 0.15) is 39.5 Å². The van der Waals surface area contributed by atoms with Crippen LogP contribution < -0.4 is 0 Å². The smallest absolute Gasteiger partial charge is 0.410 e. The van der Waals surface area contributed by atoms with Crippen LogP contribution in [0.3, 0.4) is 0 Å². The molecule has 0 bridgehead atoms. The molecule has 2 heterocycles. The summed E-state index contributed by atoms with van der Waals surface area (Å²) in [5, 5.41) is 2.11. The molecule has 0 saturated carbocycles. The van der Waals surface area contributed by atoms with Gasteiger partial charge in [-0.2, -0.15) is 0 Å². The zero-order valence-corrected chi connectivity index (χ0v) is 14.4. The van der Waals surface area contributed by atoms with Gasteiger partial charge in [0.2, 0.25) is 0 Å². The van der Waals surface area contributed by atoms with Gasteiger partial charge in [0.15, 0.2) is 0 Å². The Kier molecular flexibility index (Phi) is 4.94. The summed E-state index contributed by atoms with van der Waals surface area (Å²) in [4.78, 5) is 18.0. The average Bonchev–Trinajstić information content (AvgIpc) is 2.84. The van der Waals surface area contributed by atoms with Crippen molar-refractivity contribution in [2.24, 2.45) is 0 Å². The third kappa shape index (κ3) is 4.45. The van der Waals surface area contributed by atoms with Gasteiger partial charge in [0.05, 0.1) is 0 Å². The van der Waals surface area contributed by atoms with Crippen molar-refractivity contribution in [1.29, 1.82) is 0 Å². The lowest BCUT2D eigenvalue weighted by atomic mass is 10.1. The lowest BCUT2D eigenvalue weighted by molar-refractivity contribution is -0.0115. The van der Waals surface area contributed by atoms with Crippen LogP contribution in [0.4, 0.5) is 4.79 Å². The number of rotatable bonds is 2. The Balaban J connectivity index is 1.96. The Morgan fingerprint density at radius 2 is 2.05 bits per heavy atom. The monoisotopic (exact) mass is 310 g/mol. The minimum absolute atomic E-state index is 0.177. The maximum atomic E-state index is 12.3. The predicted molar refractivity (Wildman–Crippen MR) is 86.6 cm³/mol. The van der Waals surface area contributed by atoms with Crippen LogP contribution in [-0.2, 0) is 11.3 Å². The van der Waals surface area contributed by atoms with E-state index in [1.165, 1.54) is 4.88 Å². The van der Waals surface area contributed by atoms with E-state index in [0.29, 0.717) is 6.04 Å². The first kappa shape index (κ1) is 16.3. The molecule has 0 spiro atoms. The molecule has 0 N–H and O–H groups in total. The van der Waals surface area contributed by atoms with E-state index in [4.69, 9.17) is 4.74 Å². The number of ether oxygens (including phenoxy) is 1. The summed E-state index contributed by atoms with van der Waals surface area (Å²) < 4.78 is 5.51. The van der Waals surface area contributed by atoms with Crippen molar-refractivity contribution in [2.75, 3.05) is 13.1 Å². The molecule has 21 heavy (non-hydrogen) atoms. The molecule has 1 aromatic rings. The fourth-order valence-corrected chi connectivity index (χ4v) is 3.33. The van der Waals surface area contributed by atoms with E-state index in [0.717, 1.165) is 19.6 Å². The first-order valence-corrected chi connectivity index (χ1v) is 8.40. The highest BCUT2D eigenvalue weighted by Gasteiger charge is 2.34. The normalized spacial score (nSPS) is 24.1. The van der Waals surface area contributed by atoms with Crippen LogP contribution >= 0.6 is 11.3 Å². The summed E-state index contributed by atoms with van der Waals surface area (Å²) in [7, 11) is 0. The van der Waals surface area contributed by atoms with Gasteiger partial charge in [-0.05, 0) is 46.1 Å². The molecule has 1 amide bonds. The molecule has 1 unspecified atom stereocenters. The standard InChI is InChI=1S/C16H26N2O2S/c1-12-10-18(15(19)20-16(3,4)5)13(2)9-17(12)11-14-7-6-8-21-14/h6-8,12-13H,9-11H2,1-5H3/t12-,13?/m0/s1. The van der Waals surface area contributed by atoms with Crippen molar-refractivity contribution >= 4 is 17.4 Å². The van der Waals surface area contributed by atoms with Gasteiger partial charge in [0.25, 0.3) is 0 Å². The van der Waals surface area contributed by atoms with Crippen molar-refractivity contribution in [3.63, 3.8) is 0 Å². The molecule has 0 aliphatic carbocycles. The number of amides is 1. The van der Waals surface area contributed by atoms with E-state index in [1.807, 2.05) is 25.7 Å². The zero-order valence-electron chi connectivity index (χ0n) is 13.6. The number of thiophene rings is 1. The quantitative estimate of drug-likeness (QED) is 0.837. The van der Waals surface area contributed by atoms with Crippen LogP contribution in [0.2, 0.25) is 0 Å². The molecule has 0 aromatic carbocycles. The summed E-state index contributed by atoms with van der Waals surface area (Å²) >= 11 is 1.79. The molecular weight excluding hydrogens is 284 g/mol. The lowest BCUT2D eigenvalue weighted by Crippen LogP contribution is -2.58. The first-order chi connectivity index (χ1) is 9.76. The largest absolute Gasteiger partial charge is 0.444 e. The summed E-state index contributed by atoms with van der Waals surface area (Å²) in [5.74, 6) is 0. The molecule has 5 heteroatoms. The summed E-state index contributed by atoms with van der Waals surface area (Å²) in [6.45, 7) is 12.6. The van der Waals surface area contributed by atoms with E-state index < -0.39 is 5.60 Å². The topological polar surface area (TPSA) is 32.8 Å². The number of nitrogens with zero attached hydrogens (tertiary/aromatic N) is 2. The molecule has 2 rings (SSSR count). The van der Waals surface area contributed by atoms with E-state index in [9.17, 15) is 4.79 Å². The molecule has 1 aromatic heterocycles. The SMILES string of the molecule is CC1CN(Cc2cccs2)[C@@H](C)CN1C(=O)OC(C)(C)C. The van der Waals surface area contributed by atoms with E-state index in [1.54, 1.807) is 11.3 Å². The van der Waals surface area contributed by atoms with Gasteiger partial charge in [-0.1, -0.05) is 6.07 Å². The number of carbonyl (C=O) groups excluding carboxylic acids is 1. The fourth-order valence-electron chi connectivity index (χ4n) is 2.60. The molecule has 1 aliphatic heterocycles. The highest BCUT2D eigenvalue weighted by molar-refractivity contribution is 7.09. The maximum absolute atomic E-state index is 12.3. The second-order valence-corrected chi connectivity index (χ2v) is 7.87. The van der Waals surface area contributed by atoms with Crippen LogP contribution in [0.25, 0.3) is 0 Å². The summed E-state index contributed by atoms with van der Waals surface area (Å²) in [6.07, 6.45) is -0.197. The summed E-state index contributed by atoms with van der Waals surface area (Å²) in [5.41, 5.74) is -0.436. The van der Waals surface area contributed by atoms with Gasteiger partial charge in [0.1, 0.15) is 5.60 Å². The Morgan fingerprint density at radius 3 is 2.62 bits per heavy atom. The second-order valence-electron chi connectivity index (χ2n) is 6.84. The molecular formula is C16H26N2O2S. The van der Waals surface area contributed by atoms with E-state index in [-0.39, 0.29) is 12.1 Å². The highest BCUT2D eigenvalue weighted by atomic mass is 32.1. The van der Waals surface area contributed by atoms with Gasteiger partial charge in [0, 0.05) is 36.6 Å². The fraction of sp³-hybridized carbons (Fsp3) is 0.688. The third-order valence-electron chi connectivity index (χ3n) is 3.68. The minimum Gasteiger partial charge on any atom is -0.444 e. The number of hydrogen-bond donors (Lipinski definition) is 0. The van der Waals surface area contributed by atoms with Crippen LogP contribution in [0.15, 0.2) is 17.5 Å². The van der Waals surface area contributed by atoms with Gasteiger partial charge in [-0.15, -0.1) is 11.3 Å². The van der Waals surface area contributed by atoms with Crippen molar-refractivity contribution in [3.05, 3.63) is 22.4 Å². The minimum atomic E-state index is -0.436. The van der Waals surface area contributed by atoms with Crippen LogP contribution in [-0.4, -0.2) is 46.7 Å². The average molecular weight is 310 g/mol. The number of carbonyl (C=O) groups is 1. The van der Waals surface area contributed by atoms with Crippen LogP contribution in [0.5, 0.6) is 0 Å². The molecule has 1 fully saturated rings. The van der Waals surface area contributed by atoms with E-state index in [2.05, 4.69) is 36.3 Å². The Bertz CT molecular complexity index is 467. The Labute approximate surface area is 131 Å². The Hall–Kier alpha value is -1.07. The predicted octanol–water partition coefficient (Wildman–Crippen LogP) is 3.58. The zero-order chi connectivity index (χ0) is 15.6. The lowest BCUT2D eigenvalue weighted by Gasteiger charge is -2.44. The molecule has 1 saturated heterocycles.